The maximum Gasteiger partial charge on any atom is 0.140 e. The second-order valence-corrected chi connectivity index (χ2v) is 5.15. The van der Waals surface area contributed by atoms with Gasteiger partial charge < -0.3 is 15.7 Å². The summed E-state index contributed by atoms with van der Waals surface area (Å²) in [4.78, 5) is 2.15. The average Bonchev–Trinajstić information content (AvgIpc) is 2.76. The molecule has 0 unspecified atom stereocenters. The van der Waals surface area contributed by atoms with E-state index < -0.39 is 0 Å². The third kappa shape index (κ3) is 5.18. The SMILES string of the molecule is CCn1nc(C)c(Cl)c1CN(CCOC)CCC(N)=NO. The third-order valence-electron chi connectivity index (χ3n) is 3.25. The fourth-order valence-electron chi connectivity index (χ4n) is 2.04. The zero-order valence-electron chi connectivity index (χ0n) is 12.8. The number of hydrogen-bond donors (Lipinski definition) is 2. The van der Waals surface area contributed by atoms with Gasteiger partial charge in [-0.1, -0.05) is 16.8 Å². The van der Waals surface area contributed by atoms with Crippen LogP contribution in [0.15, 0.2) is 5.16 Å². The molecule has 3 N–H and O–H groups in total. The molecule has 120 valence electrons. The largest absolute Gasteiger partial charge is 0.409 e. The van der Waals surface area contributed by atoms with E-state index in [4.69, 9.17) is 27.3 Å². The third-order valence-corrected chi connectivity index (χ3v) is 3.74. The molecular weight excluding hydrogens is 294 g/mol. The number of amidine groups is 1. The molecule has 1 aromatic rings. The highest BCUT2D eigenvalue weighted by Crippen LogP contribution is 2.21. The maximum atomic E-state index is 8.63. The van der Waals surface area contributed by atoms with Crippen LogP contribution in [0.4, 0.5) is 0 Å². The monoisotopic (exact) mass is 317 g/mol. The summed E-state index contributed by atoms with van der Waals surface area (Å²) in [6.45, 7) is 7.34. The molecule has 0 aliphatic heterocycles. The molecule has 0 atom stereocenters. The minimum Gasteiger partial charge on any atom is -0.409 e. The Balaban J connectivity index is 2.80. The Morgan fingerprint density at radius 2 is 2.24 bits per heavy atom. The minimum absolute atomic E-state index is 0.212. The summed E-state index contributed by atoms with van der Waals surface area (Å²) in [6.07, 6.45) is 0.483. The van der Waals surface area contributed by atoms with Gasteiger partial charge in [-0.05, 0) is 13.8 Å². The van der Waals surface area contributed by atoms with E-state index in [-0.39, 0.29) is 5.84 Å². The van der Waals surface area contributed by atoms with Gasteiger partial charge in [-0.25, -0.2) is 0 Å². The summed E-state index contributed by atoms with van der Waals surface area (Å²) in [7, 11) is 1.66. The lowest BCUT2D eigenvalue weighted by molar-refractivity contribution is 0.144. The highest BCUT2D eigenvalue weighted by Gasteiger charge is 2.16. The Labute approximate surface area is 130 Å². The number of nitrogens with two attached hydrogens (primary N) is 1. The highest BCUT2D eigenvalue weighted by atomic mass is 35.5. The number of hydrogen-bond acceptors (Lipinski definition) is 5. The van der Waals surface area contributed by atoms with Crippen LogP contribution >= 0.6 is 11.6 Å². The molecule has 0 spiro atoms. The minimum atomic E-state index is 0.212. The molecule has 0 saturated carbocycles. The smallest absolute Gasteiger partial charge is 0.140 e. The quantitative estimate of drug-likeness (QED) is 0.311. The van der Waals surface area contributed by atoms with Crippen molar-refractivity contribution < 1.29 is 9.94 Å². The van der Waals surface area contributed by atoms with Crippen LogP contribution in [0.1, 0.15) is 24.7 Å². The molecule has 0 saturated heterocycles. The average molecular weight is 318 g/mol. The van der Waals surface area contributed by atoms with Crippen molar-refractivity contribution in [1.82, 2.24) is 14.7 Å². The van der Waals surface area contributed by atoms with Crippen LogP contribution in [0.3, 0.4) is 0 Å². The normalized spacial score (nSPS) is 12.3. The molecule has 1 heterocycles. The number of methoxy groups -OCH3 is 1. The van der Waals surface area contributed by atoms with E-state index >= 15 is 0 Å². The molecule has 1 rings (SSSR count). The first-order valence-corrected chi connectivity index (χ1v) is 7.30. The molecule has 8 heteroatoms. The van der Waals surface area contributed by atoms with Crippen LogP contribution in [-0.4, -0.2) is 52.5 Å². The zero-order chi connectivity index (χ0) is 15.8. The first kappa shape index (κ1) is 17.7. The maximum absolute atomic E-state index is 8.63. The van der Waals surface area contributed by atoms with Crippen LogP contribution in [-0.2, 0) is 17.8 Å². The van der Waals surface area contributed by atoms with E-state index in [1.165, 1.54) is 0 Å². The fourth-order valence-corrected chi connectivity index (χ4v) is 2.24. The molecule has 0 bridgehead atoms. The van der Waals surface area contributed by atoms with Crippen LogP contribution in [0.25, 0.3) is 0 Å². The van der Waals surface area contributed by atoms with Gasteiger partial charge in [0.1, 0.15) is 5.84 Å². The van der Waals surface area contributed by atoms with Crippen LogP contribution in [0, 0.1) is 6.92 Å². The van der Waals surface area contributed by atoms with Gasteiger partial charge in [-0.3, -0.25) is 9.58 Å². The Bertz CT molecular complexity index is 475. The van der Waals surface area contributed by atoms with Gasteiger partial charge >= 0.3 is 0 Å². The van der Waals surface area contributed by atoms with E-state index in [0.29, 0.717) is 31.1 Å². The van der Waals surface area contributed by atoms with Gasteiger partial charge in [-0.2, -0.15) is 5.10 Å². The number of halogens is 1. The molecule has 21 heavy (non-hydrogen) atoms. The van der Waals surface area contributed by atoms with E-state index in [2.05, 4.69) is 15.2 Å². The lowest BCUT2D eigenvalue weighted by Crippen LogP contribution is -2.31. The van der Waals surface area contributed by atoms with E-state index in [0.717, 1.165) is 24.5 Å². The number of aromatic nitrogens is 2. The lowest BCUT2D eigenvalue weighted by Gasteiger charge is -2.22. The summed E-state index contributed by atoms with van der Waals surface area (Å²) in [5, 5.41) is 16.7. The Morgan fingerprint density at radius 1 is 1.52 bits per heavy atom. The number of nitrogens with zero attached hydrogens (tertiary/aromatic N) is 4. The zero-order valence-corrected chi connectivity index (χ0v) is 13.6. The molecular formula is C13H24ClN5O2. The van der Waals surface area contributed by atoms with Gasteiger partial charge in [0.15, 0.2) is 0 Å². The van der Waals surface area contributed by atoms with Crippen molar-refractivity contribution in [2.24, 2.45) is 10.9 Å². The first-order valence-electron chi connectivity index (χ1n) is 6.92. The highest BCUT2D eigenvalue weighted by molar-refractivity contribution is 6.31. The van der Waals surface area contributed by atoms with Crippen LogP contribution in [0.2, 0.25) is 5.02 Å². The van der Waals surface area contributed by atoms with Crippen LogP contribution in [0.5, 0.6) is 0 Å². The van der Waals surface area contributed by atoms with E-state index in [1.807, 2.05) is 18.5 Å². The van der Waals surface area contributed by atoms with Gasteiger partial charge in [0.25, 0.3) is 0 Å². The Morgan fingerprint density at radius 3 is 2.81 bits per heavy atom. The fraction of sp³-hybridized carbons (Fsp3) is 0.692. The van der Waals surface area contributed by atoms with Crippen molar-refractivity contribution in [3.63, 3.8) is 0 Å². The van der Waals surface area contributed by atoms with Crippen molar-refractivity contribution in [3.05, 3.63) is 16.4 Å². The predicted molar refractivity (Wildman–Crippen MR) is 82.8 cm³/mol. The van der Waals surface area contributed by atoms with Gasteiger partial charge in [0, 0.05) is 39.7 Å². The molecule has 0 fully saturated rings. The van der Waals surface area contributed by atoms with Crippen LogP contribution < -0.4 is 5.73 Å². The van der Waals surface area contributed by atoms with Crippen molar-refractivity contribution in [1.29, 1.82) is 0 Å². The van der Waals surface area contributed by atoms with Crippen molar-refractivity contribution >= 4 is 17.4 Å². The summed E-state index contributed by atoms with van der Waals surface area (Å²) >= 11 is 6.33. The number of aryl methyl sites for hydroxylation is 2. The van der Waals surface area contributed by atoms with E-state index in [1.54, 1.807) is 7.11 Å². The van der Waals surface area contributed by atoms with Gasteiger partial charge in [-0.15, -0.1) is 0 Å². The van der Waals surface area contributed by atoms with E-state index in [9.17, 15) is 0 Å². The Hall–Kier alpha value is -1.31. The number of oxime groups is 1. The van der Waals surface area contributed by atoms with Gasteiger partial charge in [0.05, 0.1) is 23.0 Å². The molecule has 0 aromatic carbocycles. The topological polar surface area (TPSA) is 88.9 Å². The molecule has 0 aliphatic rings. The summed E-state index contributed by atoms with van der Waals surface area (Å²) in [5.41, 5.74) is 7.34. The molecule has 1 aromatic heterocycles. The summed E-state index contributed by atoms with van der Waals surface area (Å²) in [6, 6.07) is 0. The molecule has 0 radical (unpaired) electrons. The van der Waals surface area contributed by atoms with Crippen molar-refractivity contribution in [3.8, 4) is 0 Å². The summed E-state index contributed by atoms with van der Waals surface area (Å²) in [5.74, 6) is 0.212. The summed E-state index contributed by atoms with van der Waals surface area (Å²) < 4.78 is 7.03. The lowest BCUT2D eigenvalue weighted by atomic mass is 10.3. The second-order valence-electron chi connectivity index (χ2n) is 4.77. The number of rotatable bonds is 9. The molecule has 0 amide bonds. The first-order chi connectivity index (χ1) is 10.0. The van der Waals surface area contributed by atoms with Gasteiger partial charge in [0.2, 0.25) is 0 Å². The Kier molecular flexibility index (Phi) is 7.49. The molecule has 7 nitrogen and oxygen atoms in total. The van der Waals surface area contributed by atoms with Crippen molar-refractivity contribution in [2.75, 3.05) is 26.8 Å². The van der Waals surface area contributed by atoms with Crippen molar-refractivity contribution in [2.45, 2.75) is 33.4 Å². The molecule has 0 aliphatic carbocycles. The predicted octanol–water partition coefficient (Wildman–Crippen LogP) is 1.45. The standard InChI is InChI=1S/C13H24ClN5O2/c1-4-19-11(13(14)10(2)16-19)9-18(7-8-21-3)6-5-12(15)17-20/h20H,4-9H2,1-3H3,(H2,15,17). The second kappa shape index (κ2) is 8.86. The number of ether oxygens (including phenoxy) is 1.